The quantitative estimate of drug-likeness (QED) is 0.217. The predicted octanol–water partition coefficient (Wildman–Crippen LogP) is 2.58. The zero-order valence-electron chi connectivity index (χ0n) is 25.9. The molecule has 2 aromatic carbocycles. The Kier molecular flexibility index (Phi) is 10.3. The van der Waals surface area contributed by atoms with Crippen LogP contribution in [0, 0.1) is 12.8 Å². The molecule has 1 saturated heterocycles. The third-order valence-corrected chi connectivity index (χ3v) is 7.94. The number of carbonyl (C=O) groups is 2. The van der Waals surface area contributed by atoms with Crippen LogP contribution in [0.15, 0.2) is 63.8 Å². The number of aromatic nitrogens is 4. The number of rotatable bonds is 13. The van der Waals surface area contributed by atoms with Gasteiger partial charge in [-0.2, -0.15) is 0 Å². The number of hydrogen-bond acceptors (Lipinski definition) is 9. The molecule has 1 amide bonds. The molecule has 1 atom stereocenters. The highest BCUT2D eigenvalue weighted by Gasteiger charge is 2.31. The van der Waals surface area contributed by atoms with E-state index in [-0.39, 0.29) is 17.7 Å². The number of imidazole rings is 1. The molecule has 0 radical (unpaired) electrons. The molecular weight excluding hydrogens is 576 g/mol. The largest absolute Gasteiger partial charge is 0.493 e. The van der Waals surface area contributed by atoms with Crippen LogP contribution in [-0.2, 0) is 35.5 Å². The van der Waals surface area contributed by atoms with Crippen LogP contribution in [0.1, 0.15) is 52.8 Å². The molecule has 238 valence electrons. The first-order valence-electron chi connectivity index (χ1n) is 15.3. The number of carbonyl (C=O) groups excluding carboxylic acids is 2. The van der Waals surface area contributed by atoms with E-state index in [2.05, 4.69) is 20.4 Å². The lowest BCUT2D eigenvalue weighted by Gasteiger charge is -2.26. The van der Waals surface area contributed by atoms with Crippen LogP contribution in [-0.4, -0.2) is 79.9 Å². The molecule has 0 unspecified atom stereocenters. The monoisotopic (exact) mass is 616 g/mol. The fraction of sp³-hybridized carbons (Fsp3) is 0.424. The number of ketones is 1. The molecular formula is C33H40N6O6. The van der Waals surface area contributed by atoms with Crippen molar-refractivity contribution < 1.29 is 23.8 Å². The second-order valence-electron chi connectivity index (χ2n) is 11.7. The predicted molar refractivity (Wildman–Crippen MR) is 166 cm³/mol. The van der Waals surface area contributed by atoms with Gasteiger partial charge in [0.05, 0.1) is 31.4 Å². The summed E-state index contributed by atoms with van der Waals surface area (Å²) in [5.41, 5.74) is 2.92. The molecule has 2 N–H and O–H groups in total. The van der Waals surface area contributed by atoms with E-state index in [1.54, 1.807) is 13.8 Å². The lowest BCUT2D eigenvalue weighted by atomic mass is 9.99. The summed E-state index contributed by atoms with van der Waals surface area (Å²) in [6.07, 6.45) is 0.686. The normalized spacial score (nSPS) is 14.5. The number of nitrogens with zero attached hydrogens (tertiary/aromatic N) is 5. The van der Waals surface area contributed by atoms with Gasteiger partial charge in [-0.15, -0.1) is 10.2 Å². The van der Waals surface area contributed by atoms with E-state index in [0.717, 1.165) is 34.3 Å². The zero-order chi connectivity index (χ0) is 31.9. The minimum Gasteiger partial charge on any atom is -0.493 e. The Morgan fingerprint density at radius 2 is 1.69 bits per heavy atom. The summed E-state index contributed by atoms with van der Waals surface area (Å²) in [4.78, 5) is 42.5. The third kappa shape index (κ3) is 7.95. The molecule has 1 aliphatic heterocycles. The molecule has 1 aliphatic rings. The Bertz CT molecular complexity index is 1670. The smallest absolute Gasteiger partial charge is 0.331 e. The molecule has 0 spiro atoms. The van der Waals surface area contributed by atoms with Crippen molar-refractivity contribution in [2.75, 3.05) is 32.8 Å². The van der Waals surface area contributed by atoms with Gasteiger partial charge in [-0.1, -0.05) is 74.0 Å². The van der Waals surface area contributed by atoms with E-state index < -0.39 is 30.0 Å². The average Bonchev–Trinajstić information content (AvgIpc) is 3.58. The summed E-state index contributed by atoms with van der Waals surface area (Å²) in [6.45, 7) is 8.83. The number of benzene rings is 2. The van der Waals surface area contributed by atoms with Crippen LogP contribution in [0.4, 0.5) is 0 Å². The summed E-state index contributed by atoms with van der Waals surface area (Å²) < 4.78 is 13.7. The van der Waals surface area contributed by atoms with Gasteiger partial charge in [0.15, 0.2) is 0 Å². The van der Waals surface area contributed by atoms with E-state index in [9.17, 15) is 19.5 Å². The van der Waals surface area contributed by atoms with Crippen molar-refractivity contribution in [3.63, 3.8) is 0 Å². The van der Waals surface area contributed by atoms with Crippen LogP contribution in [0.25, 0.3) is 0 Å². The lowest BCUT2D eigenvalue weighted by Crippen LogP contribution is -2.46. The van der Waals surface area contributed by atoms with E-state index in [1.807, 2.05) is 61.5 Å². The minimum atomic E-state index is -0.977. The molecule has 0 saturated carbocycles. The maximum absolute atomic E-state index is 13.6. The fourth-order valence-electron chi connectivity index (χ4n) is 5.48. The van der Waals surface area contributed by atoms with Crippen LogP contribution >= 0.6 is 0 Å². The summed E-state index contributed by atoms with van der Waals surface area (Å²) in [6, 6.07) is 16.4. The van der Waals surface area contributed by atoms with Crippen molar-refractivity contribution in [3.05, 3.63) is 99.2 Å². The Balaban J connectivity index is 1.31. The van der Waals surface area contributed by atoms with Crippen molar-refractivity contribution >= 4 is 11.7 Å². The Hall–Kier alpha value is -4.55. The van der Waals surface area contributed by atoms with Crippen LogP contribution in [0.5, 0.6) is 5.88 Å². The van der Waals surface area contributed by atoms with E-state index in [4.69, 9.17) is 9.15 Å². The summed E-state index contributed by atoms with van der Waals surface area (Å²) >= 11 is 0. The minimum absolute atomic E-state index is 0.198. The SMILES string of the molecule is Cc1cccc(Cc2nnc(C(=O)[C@@H](NC(=O)Cn3c(O)c(Cc4ccccc4)n(CCN4CCOCC4)c3=O)C(C)C)o2)c1. The Morgan fingerprint density at radius 1 is 0.956 bits per heavy atom. The zero-order valence-corrected chi connectivity index (χ0v) is 25.9. The second-order valence-corrected chi connectivity index (χ2v) is 11.7. The Labute approximate surface area is 261 Å². The van der Waals surface area contributed by atoms with Gasteiger partial charge in [0.25, 0.3) is 5.89 Å². The highest BCUT2D eigenvalue weighted by atomic mass is 16.5. The number of hydrogen-bond donors (Lipinski definition) is 2. The summed E-state index contributed by atoms with van der Waals surface area (Å²) in [7, 11) is 0. The van der Waals surface area contributed by atoms with Gasteiger partial charge in [0, 0.05) is 32.6 Å². The molecule has 3 heterocycles. The molecule has 4 aromatic rings. The number of ether oxygens (including phenoxy) is 1. The number of morpholine rings is 1. The first-order valence-corrected chi connectivity index (χ1v) is 15.3. The van der Waals surface area contributed by atoms with Gasteiger partial charge in [0.1, 0.15) is 6.54 Å². The van der Waals surface area contributed by atoms with Gasteiger partial charge in [-0.3, -0.25) is 23.6 Å². The molecule has 2 aromatic heterocycles. The molecule has 45 heavy (non-hydrogen) atoms. The van der Waals surface area contributed by atoms with Crippen molar-refractivity contribution in [3.8, 4) is 5.88 Å². The summed E-state index contributed by atoms with van der Waals surface area (Å²) in [5, 5.41) is 21.9. The highest BCUT2D eigenvalue weighted by Crippen LogP contribution is 2.21. The number of aromatic hydroxyl groups is 1. The number of aryl methyl sites for hydroxylation is 1. The van der Waals surface area contributed by atoms with Crippen molar-refractivity contribution in [2.45, 2.75) is 52.7 Å². The maximum atomic E-state index is 13.6. The molecule has 0 aliphatic carbocycles. The first-order chi connectivity index (χ1) is 21.7. The van der Waals surface area contributed by atoms with E-state index >= 15 is 0 Å². The molecule has 0 bridgehead atoms. The first kappa shape index (κ1) is 31.9. The van der Waals surface area contributed by atoms with Gasteiger partial charge in [-0.05, 0) is 24.0 Å². The average molecular weight is 617 g/mol. The molecule has 5 rings (SSSR count). The van der Waals surface area contributed by atoms with Gasteiger partial charge < -0.3 is 19.6 Å². The van der Waals surface area contributed by atoms with Crippen molar-refractivity contribution in [1.82, 2.24) is 29.5 Å². The lowest BCUT2D eigenvalue weighted by molar-refractivity contribution is -0.122. The standard InChI is InChI=1S/C33H40N6O6/c1-22(2)29(30(41)31-36-35-28(45-31)20-25-11-7-8-23(3)18-25)34-27(40)21-39-32(42)26(19-24-9-5-4-6-10-24)38(33(39)43)13-12-37-14-16-44-17-15-37/h4-11,18,22,29,42H,12-17,19-21H2,1-3H3,(H,34,40)/t29-/m0/s1. The fourth-order valence-corrected chi connectivity index (χ4v) is 5.48. The van der Waals surface area contributed by atoms with Gasteiger partial charge in [0.2, 0.25) is 23.5 Å². The number of Topliss-reactive ketones (excluding diaryl/α,β-unsaturated/α-hetero) is 1. The van der Waals surface area contributed by atoms with Gasteiger partial charge in [-0.25, -0.2) is 4.79 Å². The summed E-state index contributed by atoms with van der Waals surface area (Å²) in [5.74, 6) is -1.62. The van der Waals surface area contributed by atoms with Gasteiger partial charge >= 0.3 is 5.69 Å². The van der Waals surface area contributed by atoms with Crippen LogP contribution in [0.3, 0.4) is 0 Å². The highest BCUT2D eigenvalue weighted by molar-refractivity contribution is 5.98. The number of nitrogens with one attached hydrogen (secondary N) is 1. The topological polar surface area (TPSA) is 145 Å². The van der Waals surface area contributed by atoms with Crippen LogP contribution < -0.4 is 11.0 Å². The van der Waals surface area contributed by atoms with Crippen LogP contribution in [0.2, 0.25) is 0 Å². The van der Waals surface area contributed by atoms with Crippen molar-refractivity contribution in [1.29, 1.82) is 0 Å². The third-order valence-electron chi connectivity index (χ3n) is 7.94. The van der Waals surface area contributed by atoms with Crippen molar-refractivity contribution in [2.24, 2.45) is 5.92 Å². The molecule has 12 heteroatoms. The molecule has 12 nitrogen and oxygen atoms in total. The van der Waals surface area contributed by atoms with E-state index in [1.165, 1.54) is 4.57 Å². The Morgan fingerprint density at radius 3 is 2.40 bits per heavy atom. The molecule has 1 fully saturated rings. The second kappa shape index (κ2) is 14.5. The van der Waals surface area contributed by atoms with E-state index in [0.29, 0.717) is 50.7 Å². The number of amides is 1. The maximum Gasteiger partial charge on any atom is 0.331 e.